The Balaban J connectivity index is 2.28. The van der Waals surface area contributed by atoms with Gasteiger partial charge in [-0.25, -0.2) is 12.8 Å². The Morgan fingerprint density at radius 1 is 1.27 bits per heavy atom. The van der Waals surface area contributed by atoms with Crippen LogP contribution in [-0.4, -0.2) is 43.8 Å². The van der Waals surface area contributed by atoms with Gasteiger partial charge >= 0.3 is 0 Å². The maximum atomic E-state index is 14.0. The lowest BCUT2D eigenvalue weighted by molar-refractivity contribution is 0.0695. The Morgan fingerprint density at radius 2 is 1.91 bits per heavy atom. The number of amides is 1. The monoisotopic (exact) mass is 327 g/mol. The van der Waals surface area contributed by atoms with Gasteiger partial charge < -0.3 is 4.90 Å². The predicted octanol–water partition coefficient (Wildman–Crippen LogP) is 2.56. The zero-order chi connectivity index (χ0) is 16.5. The van der Waals surface area contributed by atoms with Crippen LogP contribution in [0.2, 0.25) is 0 Å². The lowest BCUT2D eigenvalue weighted by atomic mass is 9.93. The molecule has 2 rings (SSSR count). The molecule has 1 aromatic carbocycles. The normalized spacial score (nSPS) is 22.4. The Bertz CT molecular complexity index is 672. The third kappa shape index (κ3) is 3.48. The maximum absolute atomic E-state index is 14.0. The fourth-order valence-corrected chi connectivity index (χ4v) is 4.64. The molecular formula is C16H22FNO3S. The molecule has 4 nitrogen and oxygen atoms in total. The number of carbonyl (C=O) groups is 1. The van der Waals surface area contributed by atoms with Gasteiger partial charge in [0.2, 0.25) is 0 Å². The zero-order valence-corrected chi connectivity index (χ0v) is 14.0. The van der Waals surface area contributed by atoms with E-state index >= 15 is 0 Å². The Labute approximate surface area is 131 Å². The van der Waals surface area contributed by atoms with Crippen LogP contribution in [0.1, 0.15) is 41.6 Å². The van der Waals surface area contributed by atoms with E-state index in [9.17, 15) is 17.6 Å². The van der Waals surface area contributed by atoms with Gasteiger partial charge in [0.05, 0.1) is 10.8 Å². The Morgan fingerprint density at radius 3 is 2.50 bits per heavy atom. The highest BCUT2D eigenvalue weighted by Crippen LogP contribution is 2.28. The molecule has 0 radical (unpaired) electrons. The maximum Gasteiger partial charge on any atom is 0.256 e. The van der Waals surface area contributed by atoms with Crippen molar-refractivity contribution < 1.29 is 17.6 Å². The molecule has 1 saturated carbocycles. The van der Waals surface area contributed by atoms with E-state index in [0.717, 1.165) is 18.4 Å². The Hall–Kier alpha value is -1.43. The van der Waals surface area contributed by atoms with Gasteiger partial charge in [-0.3, -0.25) is 4.79 Å². The molecule has 122 valence electrons. The van der Waals surface area contributed by atoms with E-state index in [1.165, 1.54) is 23.3 Å². The van der Waals surface area contributed by atoms with Crippen molar-refractivity contribution in [3.05, 3.63) is 35.1 Å². The van der Waals surface area contributed by atoms with Crippen molar-refractivity contribution in [1.82, 2.24) is 4.90 Å². The molecule has 0 heterocycles. The molecule has 0 saturated heterocycles. The van der Waals surface area contributed by atoms with Crippen LogP contribution < -0.4 is 0 Å². The molecule has 0 N–H and O–H groups in total. The zero-order valence-electron chi connectivity index (χ0n) is 13.2. The van der Waals surface area contributed by atoms with Crippen molar-refractivity contribution in [3.63, 3.8) is 0 Å². The van der Waals surface area contributed by atoms with Crippen LogP contribution in [0.5, 0.6) is 0 Å². The van der Waals surface area contributed by atoms with Gasteiger partial charge in [-0.1, -0.05) is 18.9 Å². The topological polar surface area (TPSA) is 54.5 Å². The van der Waals surface area contributed by atoms with Crippen LogP contribution in [0, 0.1) is 12.7 Å². The molecule has 0 unspecified atom stereocenters. The van der Waals surface area contributed by atoms with Crippen LogP contribution in [-0.2, 0) is 9.84 Å². The molecule has 1 aliphatic rings. The molecule has 0 bridgehead atoms. The summed E-state index contributed by atoms with van der Waals surface area (Å²) in [5.41, 5.74) is 0.731. The highest BCUT2D eigenvalue weighted by atomic mass is 32.2. The number of hydrogen-bond acceptors (Lipinski definition) is 3. The van der Waals surface area contributed by atoms with Crippen molar-refractivity contribution in [1.29, 1.82) is 0 Å². The largest absolute Gasteiger partial charge is 0.337 e. The second-order valence-electron chi connectivity index (χ2n) is 6.12. The number of hydrogen-bond donors (Lipinski definition) is 0. The summed E-state index contributed by atoms with van der Waals surface area (Å²) in [6.45, 7) is 1.75. The van der Waals surface area contributed by atoms with Gasteiger partial charge in [-0.05, 0) is 37.5 Å². The molecule has 22 heavy (non-hydrogen) atoms. The van der Waals surface area contributed by atoms with Crippen LogP contribution in [0.4, 0.5) is 4.39 Å². The summed E-state index contributed by atoms with van der Waals surface area (Å²) in [7, 11) is -1.67. The average molecular weight is 327 g/mol. The summed E-state index contributed by atoms with van der Waals surface area (Å²) < 4.78 is 37.9. The first-order valence-electron chi connectivity index (χ1n) is 7.44. The predicted molar refractivity (Wildman–Crippen MR) is 84.1 cm³/mol. The van der Waals surface area contributed by atoms with Crippen LogP contribution >= 0.6 is 0 Å². The first-order valence-corrected chi connectivity index (χ1v) is 9.39. The quantitative estimate of drug-likeness (QED) is 0.857. The number of sulfone groups is 1. The number of aryl methyl sites for hydroxylation is 1. The fraction of sp³-hybridized carbons (Fsp3) is 0.562. The number of halogens is 1. The molecule has 1 amide bonds. The van der Waals surface area contributed by atoms with Crippen molar-refractivity contribution in [2.24, 2.45) is 0 Å². The SMILES string of the molecule is Cc1ccc(C(=O)N(C)[C@@H]2CCCC[C@H]2S(C)(=O)=O)c(F)c1. The minimum Gasteiger partial charge on any atom is -0.337 e. The third-order valence-corrected chi connectivity index (χ3v) is 6.04. The van der Waals surface area contributed by atoms with E-state index < -0.39 is 32.9 Å². The summed E-state index contributed by atoms with van der Waals surface area (Å²) in [4.78, 5) is 13.9. The van der Waals surface area contributed by atoms with Gasteiger partial charge in [0, 0.05) is 19.3 Å². The van der Waals surface area contributed by atoms with Crippen molar-refractivity contribution in [2.45, 2.75) is 43.9 Å². The lowest BCUT2D eigenvalue weighted by Crippen LogP contribution is -2.49. The number of rotatable bonds is 3. The molecule has 6 heteroatoms. The molecular weight excluding hydrogens is 305 g/mol. The number of carbonyl (C=O) groups excluding carboxylic acids is 1. The molecule has 1 fully saturated rings. The van der Waals surface area contributed by atoms with Crippen molar-refractivity contribution >= 4 is 15.7 Å². The molecule has 1 aromatic rings. The van der Waals surface area contributed by atoms with Crippen molar-refractivity contribution in [2.75, 3.05) is 13.3 Å². The van der Waals surface area contributed by atoms with Gasteiger partial charge in [0.15, 0.2) is 9.84 Å². The number of benzene rings is 1. The minimum absolute atomic E-state index is 0.00840. The molecule has 1 aliphatic carbocycles. The molecule has 0 aliphatic heterocycles. The summed E-state index contributed by atoms with van der Waals surface area (Å²) in [5, 5.41) is -0.566. The van der Waals surface area contributed by atoms with E-state index in [1.807, 2.05) is 0 Å². The first kappa shape index (κ1) is 16.9. The molecule has 0 aromatic heterocycles. The van der Waals surface area contributed by atoms with Crippen LogP contribution in [0.3, 0.4) is 0 Å². The van der Waals surface area contributed by atoms with E-state index in [1.54, 1.807) is 20.0 Å². The summed E-state index contributed by atoms with van der Waals surface area (Å²) in [6, 6.07) is 4.06. The summed E-state index contributed by atoms with van der Waals surface area (Å²) in [6.07, 6.45) is 4.12. The third-order valence-electron chi connectivity index (χ3n) is 4.39. The minimum atomic E-state index is -3.24. The van der Waals surface area contributed by atoms with Gasteiger partial charge in [0.25, 0.3) is 5.91 Å². The second kappa shape index (κ2) is 6.36. The Kier molecular flexibility index (Phi) is 4.90. The highest BCUT2D eigenvalue weighted by molar-refractivity contribution is 7.91. The van der Waals surface area contributed by atoms with Gasteiger partial charge in [0.1, 0.15) is 5.82 Å². The lowest BCUT2D eigenvalue weighted by Gasteiger charge is -2.37. The molecule has 0 spiro atoms. The highest BCUT2D eigenvalue weighted by Gasteiger charge is 2.37. The van der Waals surface area contributed by atoms with Gasteiger partial charge in [-0.2, -0.15) is 0 Å². The smallest absolute Gasteiger partial charge is 0.256 e. The first-order chi connectivity index (χ1) is 10.2. The molecule has 2 atom stereocenters. The summed E-state index contributed by atoms with van der Waals surface area (Å²) in [5.74, 6) is -1.03. The van der Waals surface area contributed by atoms with Crippen LogP contribution in [0.15, 0.2) is 18.2 Å². The van der Waals surface area contributed by atoms with Crippen LogP contribution in [0.25, 0.3) is 0 Å². The van der Waals surface area contributed by atoms with E-state index in [2.05, 4.69) is 0 Å². The average Bonchev–Trinajstić information content (AvgIpc) is 2.45. The fourth-order valence-electron chi connectivity index (χ4n) is 3.15. The summed E-state index contributed by atoms with van der Waals surface area (Å²) >= 11 is 0. The van der Waals surface area contributed by atoms with Gasteiger partial charge in [-0.15, -0.1) is 0 Å². The number of nitrogens with zero attached hydrogens (tertiary/aromatic N) is 1. The van der Waals surface area contributed by atoms with E-state index in [4.69, 9.17) is 0 Å². The van der Waals surface area contributed by atoms with E-state index in [-0.39, 0.29) is 5.56 Å². The standard InChI is InChI=1S/C16H22FNO3S/c1-11-8-9-12(13(17)10-11)16(19)18(2)14-6-4-5-7-15(14)22(3,20)21/h8-10,14-15H,4-7H2,1-3H3/t14-,15-/m1/s1. The van der Waals surface area contributed by atoms with Crippen molar-refractivity contribution in [3.8, 4) is 0 Å². The van der Waals surface area contributed by atoms with E-state index in [0.29, 0.717) is 12.8 Å². The second-order valence-corrected chi connectivity index (χ2v) is 8.38.